The predicted molar refractivity (Wildman–Crippen MR) is 107 cm³/mol. The molecule has 0 radical (unpaired) electrons. The number of hydrogen-bond donors (Lipinski definition) is 1. The number of hydrogen-bond acceptors (Lipinski definition) is 4. The van der Waals surface area contributed by atoms with Crippen molar-refractivity contribution < 1.29 is 9.90 Å². The summed E-state index contributed by atoms with van der Waals surface area (Å²) in [5.41, 5.74) is 2.36. The average Bonchev–Trinajstić information content (AvgIpc) is 3.12. The summed E-state index contributed by atoms with van der Waals surface area (Å²) in [6, 6.07) is 19.1. The van der Waals surface area contributed by atoms with Gasteiger partial charge in [0.25, 0.3) is 5.56 Å². The Balaban J connectivity index is 1.98. The van der Waals surface area contributed by atoms with Crippen LogP contribution >= 0.6 is 11.3 Å². The minimum absolute atomic E-state index is 0.0748. The zero-order valence-corrected chi connectivity index (χ0v) is 15.1. The van der Waals surface area contributed by atoms with E-state index in [2.05, 4.69) is 0 Å². The summed E-state index contributed by atoms with van der Waals surface area (Å²) in [5, 5.41) is 11.6. The highest BCUT2D eigenvalue weighted by atomic mass is 32.1. The van der Waals surface area contributed by atoms with Crippen LogP contribution in [-0.4, -0.2) is 20.6 Å². The Labute approximate surface area is 159 Å². The lowest BCUT2D eigenvalue weighted by Crippen LogP contribution is -2.24. The molecule has 4 rings (SSSR count). The monoisotopic (exact) mass is 376 g/mol. The van der Waals surface area contributed by atoms with Crippen molar-refractivity contribution in [3.8, 4) is 22.5 Å². The topological polar surface area (TPSA) is 72.2 Å². The first-order chi connectivity index (χ1) is 13.1. The molecule has 0 bridgehead atoms. The van der Waals surface area contributed by atoms with Gasteiger partial charge in [0.05, 0.1) is 11.8 Å². The van der Waals surface area contributed by atoms with E-state index in [1.54, 1.807) is 0 Å². The van der Waals surface area contributed by atoms with Gasteiger partial charge in [-0.1, -0.05) is 60.7 Å². The van der Waals surface area contributed by atoms with E-state index in [-0.39, 0.29) is 18.5 Å². The molecule has 0 atom stereocenters. The lowest BCUT2D eigenvalue weighted by atomic mass is 10.1. The molecule has 2 aromatic carbocycles. The van der Waals surface area contributed by atoms with Gasteiger partial charge in [0.2, 0.25) is 0 Å². The van der Waals surface area contributed by atoms with Crippen LogP contribution in [-0.2, 0) is 11.3 Å². The van der Waals surface area contributed by atoms with Crippen LogP contribution in [0.2, 0.25) is 0 Å². The Hall–Kier alpha value is -3.25. The van der Waals surface area contributed by atoms with Crippen LogP contribution in [0.5, 0.6) is 0 Å². The predicted octanol–water partition coefficient (Wildman–Crippen LogP) is 4.27. The van der Waals surface area contributed by atoms with Crippen molar-refractivity contribution in [3.05, 3.63) is 76.4 Å². The summed E-state index contributed by atoms with van der Waals surface area (Å²) in [4.78, 5) is 29.8. The zero-order valence-electron chi connectivity index (χ0n) is 14.3. The fourth-order valence-corrected chi connectivity index (χ4v) is 4.01. The molecule has 0 saturated carbocycles. The largest absolute Gasteiger partial charge is 0.481 e. The van der Waals surface area contributed by atoms with Crippen molar-refractivity contribution in [2.75, 3.05) is 0 Å². The van der Waals surface area contributed by atoms with E-state index in [4.69, 9.17) is 10.1 Å². The standard InChI is InChI=1S/C21H16N2O3S/c24-17(25)11-12-23-19(15-9-5-2-6-10-15)22-20-18(21(23)26)16(13-27-20)14-7-3-1-4-8-14/h1-10,13H,11-12H2,(H,24,25). The summed E-state index contributed by atoms with van der Waals surface area (Å²) in [5.74, 6) is -0.453. The van der Waals surface area contributed by atoms with Crippen molar-refractivity contribution in [1.29, 1.82) is 0 Å². The van der Waals surface area contributed by atoms with E-state index in [1.807, 2.05) is 66.0 Å². The Morgan fingerprint density at radius 3 is 2.26 bits per heavy atom. The average molecular weight is 376 g/mol. The van der Waals surface area contributed by atoms with E-state index in [0.29, 0.717) is 16.0 Å². The van der Waals surface area contributed by atoms with E-state index >= 15 is 0 Å². The molecule has 134 valence electrons. The van der Waals surface area contributed by atoms with Crippen LogP contribution in [0.1, 0.15) is 6.42 Å². The van der Waals surface area contributed by atoms with Crippen LogP contribution < -0.4 is 5.56 Å². The first kappa shape index (κ1) is 17.2. The molecule has 0 fully saturated rings. The molecule has 6 heteroatoms. The van der Waals surface area contributed by atoms with Crippen molar-refractivity contribution in [2.24, 2.45) is 0 Å². The van der Waals surface area contributed by atoms with Crippen LogP contribution in [0.3, 0.4) is 0 Å². The summed E-state index contributed by atoms with van der Waals surface area (Å²) >= 11 is 1.42. The number of rotatable bonds is 5. The summed E-state index contributed by atoms with van der Waals surface area (Å²) < 4.78 is 1.48. The van der Waals surface area contributed by atoms with Crippen LogP contribution in [0, 0.1) is 0 Å². The number of aliphatic carboxylic acids is 1. The Bertz CT molecular complexity index is 1160. The second-order valence-corrected chi connectivity index (χ2v) is 6.96. The Morgan fingerprint density at radius 1 is 1.00 bits per heavy atom. The second kappa shape index (κ2) is 7.17. The number of thiophene rings is 1. The molecule has 27 heavy (non-hydrogen) atoms. The fraction of sp³-hybridized carbons (Fsp3) is 0.0952. The molecular weight excluding hydrogens is 360 g/mol. The number of aromatic nitrogens is 2. The molecule has 0 amide bonds. The number of benzene rings is 2. The normalized spacial score (nSPS) is 11.0. The van der Waals surface area contributed by atoms with Gasteiger partial charge in [-0.15, -0.1) is 11.3 Å². The van der Waals surface area contributed by atoms with Gasteiger partial charge in [-0.3, -0.25) is 14.2 Å². The van der Waals surface area contributed by atoms with Crippen molar-refractivity contribution in [2.45, 2.75) is 13.0 Å². The van der Waals surface area contributed by atoms with Crippen LogP contribution in [0.25, 0.3) is 32.7 Å². The molecule has 0 unspecified atom stereocenters. The minimum atomic E-state index is -0.949. The maximum Gasteiger partial charge on any atom is 0.305 e. The number of carbonyl (C=O) groups is 1. The van der Waals surface area contributed by atoms with Crippen LogP contribution in [0.4, 0.5) is 0 Å². The minimum Gasteiger partial charge on any atom is -0.481 e. The van der Waals surface area contributed by atoms with E-state index in [0.717, 1.165) is 16.7 Å². The molecule has 0 aliphatic carbocycles. The molecule has 0 spiro atoms. The van der Waals surface area contributed by atoms with Gasteiger partial charge in [0.15, 0.2) is 0 Å². The van der Waals surface area contributed by atoms with Crippen LogP contribution in [0.15, 0.2) is 70.8 Å². The Kier molecular flexibility index (Phi) is 4.56. The van der Waals surface area contributed by atoms with E-state index in [9.17, 15) is 9.59 Å². The van der Waals surface area contributed by atoms with Gasteiger partial charge in [-0.2, -0.15) is 0 Å². The van der Waals surface area contributed by atoms with Crippen molar-refractivity contribution in [3.63, 3.8) is 0 Å². The second-order valence-electron chi connectivity index (χ2n) is 6.10. The molecule has 0 aliphatic rings. The van der Waals surface area contributed by atoms with Crippen molar-refractivity contribution >= 4 is 27.5 Å². The molecule has 0 aliphatic heterocycles. The molecule has 2 aromatic heterocycles. The molecule has 4 aromatic rings. The highest BCUT2D eigenvalue weighted by Crippen LogP contribution is 2.32. The third-order valence-electron chi connectivity index (χ3n) is 4.36. The number of carboxylic acids is 1. The molecule has 2 heterocycles. The highest BCUT2D eigenvalue weighted by Gasteiger charge is 2.18. The van der Waals surface area contributed by atoms with Gasteiger partial charge in [0, 0.05) is 23.1 Å². The lowest BCUT2D eigenvalue weighted by Gasteiger charge is -2.12. The third-order valence-corrected chi connectivity index (χ3v) is 5.23. The first-order valence-corrected chi connectivity index (χ1v) is 9.38. The number of fused-ring (bicyclic) bond motifs is 1. The first-order valence-electron chi connectivity index (χ1n) is 8.50. The highest BCUT2D eigenvalue weighted by molar-refractivity contribution is 7.17. The Morgan fingerprint density at radius 2 is 1.63 bits per heavy atom. The molecule has 5 nitrogen and oxygen atoms in total. The maximum atomic E-state index is 13.3. The summed E-state index contributed by atoms with van der Waals surface area (Å²) in [7, 11) is 0. The van der Waals surface area contributed by atoms with E-state index < -0.39 is 5.97 Å². The van der Waals surface area contributed by atoms with Crippen molar-refractivity contribution in [1.82, 2.24) is 9.55 Å². The smallest absolute Gasteiger partial charge is 0.305 e. The number of carboxylic acid groups (broad SMARTS) is 1. The SMILES string of the molecule is O=C(O)CCn1c(-c2ccccc2)nc2scc(-c3ccccc3)c2c1=O. The zero-order chi connectivity index (χ0) is 18.8. The van der Waals surface area contributed by atoms with E-state index in [1.165, 1.54) is 15.9 Å². The van der Waals surface area contributed by atoms with Gasteiger partial charge < -0.3 is 5.11 Å². The van der Waals surface area contributed by atoms with Gasteiger partial charge >= 0.3 is 5.97 Å². The quantitative estimate of drug-likeness (QED) is 0.565. The number of nitrogens with zero attached hydrogens (tertiary/aromatic N) is 2. The molecular formula is C21H16N2O3S. The molecule has 0 saturated heterocycles. The summed E-state index contributed by atoms with van der Waals surface area (Å²) in [6.07, 6.45) is -0.141. The lowest BCUT2D eigenvalue weighted by molar-refractivity contribution is -0.137. The fourth-order valence-electron chi connectivity index (χ4n) is 3.08. The van der Waals surface area contributed by atoms with Gasteiger partial charge in [-0.05, 0) is 5.56 Å². The maximum absolute atomic E-state index is 13.3. The third kappa shape index (κ3) is 3.27. The van der Waals surface area contributed by atoms with Gasteiger partial charge in [-0.25, -0.2) is 4.98 Å². The van der Waals surface area contributed by atoms with Gasteiger partial charge in [0.1, 0.15) is 10.7 Å². The summed E-state index contributed by atoms with van der Waals surface area (Å²) in [6.45, 7) is 0.0748. The molecule has 1 N–H and O–H groups in total.